The highest BCUT2D eigenvalue weighted by Crippen LogP contribution is 2.57. The molecule has 0 radical (unpaired) electrons. The highest BCUT2D eigenvalue weighted by molar-refractivity contribution is 7.99. The fourth-order valence-electron chi connectivity index (χ4n) is 5.78. The minimum atomic E-state index is -0.902. The molecule has 2 aromatic carbocycles. The monoisotopic (exact) mass is 465 g/mol. The van der Waals surface area contributed by atoms with Crippen LogP contribution in [0.15, 0.2) is 42.6 Å². The molecular weight excluding hydrogens is 432 g/mol. The summed E-state index contributed by atoms with van der Waals surface area (Å²) in [7, 11) is 1.73. The summed E-state index contributed by atoms with van der Waals surface area (Å²) in [5.41, 5.74) is 5.14. The minimum Gasteiger partial charge on any atom is -0.496 e. The van der Waals surface area contributed by atoms with Crippen LogP contribution >= 0.6 is 11.8 Å². The number of aromatic nitrogens is 1. The van der Waals surface area contributed by atoms with E-state index in [1.165, 1.54) is 10.9 Å². The Morgan fingerprint density at radius 2 is 2.06 bits per heavy atom. The summed E-state index contributed by atoms with van der Waals surface area (Å²) < 4.78 is 14.5. The molecule has 33 heavy (non-hydrogen) atoms. The van der Waals surface area contributed by atoms with Crippen LogP contribution in [0.5, 0.6) is 5.75 Å². The quantitative estimate of drug-likeness (QED) is 0.465. The number of carboxylic acids is 1. The van der Waals surface area contributed by atoms with Gasteiger partial charge in [0.25, 0.3) is 0 Å². The number of hydrogen-bond acceptors (Lipinski definition) is 4. The predicted molar refractivity (Wildman–Crippen MR) is 134 cm³/mol. The Morgan fingerprint density at radius 1 is 1.30 bits per heavy atom. The summed E-state index contributed by atoms with van der Waals surface area (Å²) in [6, 6.07) is 11.8. The van der Waals surface area contributed by atoms with E-state index in [2.05, 4.69) is 28.9 Å². The first-order chi connectivity index (χ1) is 16.3. The number of likely N-dealkylation sites (tertiary alicyclic amines) is 1. The number of piperidine rings is 1. The normalized spacial score (nSPS) is 28.0. The number of ether oxygens (including phenoxy) is 1. The minimum absolute atomic E-state index is 0.169. The van der Waals surface area contributed by atoms with Crippen molar-refractivity contribution in [1.82, 2.24) is 9.88 Å². The van der Waals surface area contributed by atoms with Crippen molar-refractivity contribution in [2.45, 2.75) is 50.4 Å². The average molecular weight is 466 g/mol. The standard InChI is InChI=1S/C27H32N2O3S/c1-17-12-24(32-2)22(21-8-10-28-25(17)21)16-29-11-9-27(13-20(14-27)33-3)15-23(29)18-4-6-19(7-5-18)26(30)31/h4-8,10,12,20,23,28H,9,11,13-16H2,1-3H3,(H,30,31)/t20?,23-,27?/m0/s1/i20D. The zero-order valence-electron chi connectivity index (χ0n) is 20.5. The van der Waals surface area contributed by atoms with Gasteiger partial charge in [0.1, 0.15) is 5.75 Å². The highest BCUT2D eigenvalue weighted by Gasteiger charge is 2.48. The van der Waals surface area contributed by atoms with Gasteiger partial charge < -0.3 is 14.8 Å². The number of benzene rings is 2. The van der Waals surface area contributed by atoms with Gasteiger partial charge in [-0.1, -0.05) is 12.1 Å². The van der Waals surface area contributed by atoms with E-state index in [1.807, 2.05) is 24.6 Å². The van der Waals surface area contributed by atoms with Crippen molar-refractivity contribution in [3.05, 3.63) is 64.8 Å². The molecule has 2 N–H and O–H groups in total. The highest BCUT2D eigenvalue weighted by atomic mass is 32.2. The van der Waals surface area contributed by atoms with Crippen LogP contribution in [-0.4, -0.2) is 46.1 Å². The third kappa shape index (κ3) is 4.04. The Balaban J connectivity index is 1.50. The van der Waals surface area contributed by atoms with Crippen molar-refractivity contribution in [3.8, 4) is 5.75 Å². The number of carboxylic acid groups (broad SMARTS) is 1. The van der Waals surface area contributed by atoms with Gasteiger partial charge in [-0.15, -0.1) is 0 Å². The lowest BCUT2D eigenvalue weighted by Gasteiger charge is -2.55. The maximum absolute atomic E-state index is 11.4. The molecule has 2 fully saturated rings. The van der Waals surface area contributed by atoms with Crippen LogP contribution in [-0.2, 0) is 6.54 Å². The molecule has 1 saturated carbocycles. The number of methoxy groups -OCH3 is 1. The third-order valence-corrected chi connectivity index (χ3v) is 8.53. The van der Waals surface area contributed by atoms with E-state index in [4.69, 9.17) is 6.11 Å². The van der Waals surface area contributed by atoms with Gasteiger partial charge in [-0.05, 0) is 86.2 Å². The van der Waals surface area contributed by atoms with Crippen LogP contribution in [0.3, 0.4) is 0 Å². The van der Waals surface area contributed by atoms with Crippen molar-refractivity contribution < 1.29 is 16.0 Å². The molecule has 3 aromatic rings. The molecule has 2 heterocycles. The van der Waals surface area contributed by atoms with Crippen LogP contribution in [0.4, 0.5) is 0 Å². The first kappa shape index (κ1) is 21.1. The molecule has 0 amide bonds. The van der Waals surface area contributed by atoms with E-state index in [1.54, 1.807) is 31.0 Å². The molecule has 1 saturated heterocycles. The molecule has 5 rings (SSSR count). The van der Waals surface area contributed by atoms with Gasteiger partial charge in [0.05, 0.1) is 12.7 Å². The summed E-state index contributed by atoms with van der Waals surface area (Å²) in [5, 5.41) is 10.2. The molecular formula is C27H32N2O3S. The lowest BCUT2D eigenvalue weighted by molar-refractivity contribution is -0.00567. The third-order valence-electron chi connectivity index (χ3n) is 7.66. The van der Waals surface area contributed by atoms with E-state index in [0.717, 1.165) is 61.2 Å². The zero-order chi connectivity index (χ0) is 24.1. The van der Waals surface area contributed by atoms with E-state index in [9.17, 15) is 9.90 Å². The number of aryl methyl sites for hydroxylation is 1. The van der Waals surface area contributed by atoms with E-state index >= 15 is 0 Å². The lowest BCUT2D eigenvalue weighted by Crippen LogP contribution is -2.49. The number of hydrogen-bond donors (Lipinski definition) is 2. The molecule has 5 nitrogen and oxygen atoms in total. The summed E-state index contributed by atoms with van der Waals surface area (Å²) in [4.78, 5) is 17.3. The van der Waals surface area contributed by atoms with Gasteiger partial charge in [-0.3, -0.25) is 4.90 Å². The molecule has 174 valence electrons. The fraction of sp³-hybridized carbons (Fsp3) is 0.444. The van der Waals surface area contributed by atoms with Crippen molar-refractivity contribution in [1.29, 1.82) is 0 Å². The summed E-state index contributed by atoms with van der Waals surface area (Å²) >= 11 is 1.66. The largest absolute Gasteiger partial charge is 0.496 e. The van der Waals surface area contributed by atoms with Gasteiger partial charge in [-0.2, -0.15) is 11.8 Å². The molecule has 1 spiro atoms. The van der Waals surface area contributed by atoms with Crippen molar-refractivity contribution >= 4 is 28.6 Å². The van der Waals surface area contributed by atoms with Crippen molar-refractivity contribution in [2.24, 2.45) is 5.41 Å². The Labute approximate surface area is 200 Å². The Bertz CT molecular complexity index is 1220. The van der Waals surface area contributed by atoms with Gasteiger partial charge >= 0.3 is 5.97 Å². The smallest absolute Gasteiger partial charge is 0.335 e. The predicted octanol–water partition coefficient (Wildman–Crippen LogP) is 6.03. The van der Waals surface area contributed by atoms with Gasteiger partial charge in [0.15, 0.2) is 0 Å². The first-order valence-corrected chi connectivity index (χ1v) is 12.7. The molecule has 1 atom stereocenters. The lowest BCUT2D eigenvalue weighted by atomic mass is 9.60. The number of thioether (sulfide) groups is 1. The van der Waals surface area contributed by atoms with Gasteiger partial charge in [-0.25, -0.2) is 4.79 Å². The Hall–Kier alpha value is -2.44. The summed E-state index contributed by atoms with van der Waals surface area (Å²) in [6.07, 6.45) is 7.96. The van der Waals surface area contributed by atoms with Crippen LogP contribution in [0.2, 0.25) is 0 Å². The number of nitrogens with one attached hydrogen (secondary N) is 1. The maximum atomic E-state index is 11.4. The Kier molecular flexibility index (Phi) is 5.59. The number of rotatable bonds is 6. The SMILES string of the molecule is [2H]C1(SC)CC2(CCN(Cc3c(OC)cc(C)c4[nH]ccc34)[C@H](c3ccc(C(=O)O)cc3)C2)C1. The maximum Gasteiger partial charge on any atom is 0.335 e. The fourth-order valence-corrected chi connectivity index (χ4v) is 6.68. The molecule has 2 aliphatic rings. The van der Waals surface area contributed by atoms with E-state index in [-0.39, 0.29) is 16.7 Å². The molecule has 1 aliphatic carbocycles. The zero-order valence-corrected chi connectivity index (χ0v) is 20.3. The van der Waals surface area contributed by atoms with E-state index in [0.29, 0.717) is 5.56 Å². The molecule has 0 bridgehead atoms. The molecule has 6 heteroatoms. The number of carbonyl (C=O) groups is 1. The number of fused-ring (bicyclic) bond motifs is 1. The van der Waals surface area contributed by atoms with Crippen LogP contribution in [0.1, 0.15) is 60.1 Å². The van der Waals surface area contributed by atoms with Gasteiger partial charge in [0, 0.05) is 41.8 Å². The molecule has 1 aliphatic heterocycles. The number of aromatic amines is 1. The summed E-state index contributed by atoms with van der Waals surface area (Å²) in [6.45, 7) is 3.80. The number of aromatic carboxylic acids is 1. The van der Waals surface area contributed by atoms with Crippen LogP contribution in [0.25, 0.3) is 10.9 Å². The van der Waals surface area contributed by atoms with Crippen molar-refractivity contribution in [3.63, 3.8) is 0 Å². The average Bonchev–Trinajstić information content (AvgIpc) is 3.31. The second-order valence-electron chi connectivity index (χ2n) is 9.60. The summed E-state index contributed by atoms with van der Waals surface area (Å²) in [5.74, 6) is 0.00165. The van der Waals surface area contributed by atoms with Crippen LogP contribution in [0, 0.1) is 12.3 Å². The number of H-pyrrole nitrogens is 1. The van der Waals surface area contributed by atoms with Crippen molar-refractivity contribution in [2.75, 3.05) is 19.9 Å². The van der Waals surface area contributed by atoms with E-state index < -0.39 is 5.97 Å². The Morgan fingerprint density at radius 3 is 2.73 bits per heavy atom. The second kappa shape index (κ2) is 8.73. The topological polar surface area (TPSA) is 65.6 Å². The molecule has 0 unspecified atom stereocenters. The molecule has 1 aromatic heterocycles. The number of nitrogens with zero attached hydrogens (tertiary/aromatic N) is 1. The van der Waals surface area contributed by atoms with Crippen LogP contribution < -0.4 is 4.74 Å². The first-order valence-electron chi connectivity index (χ1n) is 12.0. The van der Waals surface area contributed by atoms with Gasteiger partial charge in [0.2, 0.25) is 0 Å². The second-order valence-corrected chi connectivity index (χ2v) is 10.6.